The van der Waals surface area contributed by atoms with Gasteiger partial charge in [-0.05, 0) is 38.5 Å². The van der Waals surface area contributed by atoms with Crippen LogP contribution >= 0.6 is 0 Å². The molecule has 0 aliphatic carbocycles. The molecular weight excluding hydrogens is 364 g/mol. The van der Waals surface area contributed by atoms with Gasteiger partial charge in [0, 0.05) is 24.3 Å². The van der Waals surface area contributed by atoms with Crippen molar-refractivity contribution in [3.8, 4) is 0 Å². The summed E-state index contributed by atoms with van der Waals surface area (Å²) in [6, 6.07) is 6.45. The third kappa shape index (κ3) is 4.75. The number of rotatable bonds is 8. The maximum atomic E-state index is 12.5. The lowest BCUT2D eigenvalue weighted by Crippen LogP contribution is -2.31. The van der Waals surface area contributed by atoms with Crippen LogP contribution in [0.15, 0.2) is 29.2 Å². The van der Waals surface area contributed by atoms with Gasteiger partial charge in [0.15, 0.2) is 0 Å². The number of aryl methyl sites for hydroxylation is 2. The van der Waals surface area contributed by atoms with E-state index in [0.29, 0.717) is 13.1 Å². The van der Waals surface area contributed by atoms with E-state index in [-0.39, 0.29) is 23.3 Å². The van der Waals surface area contributed by atoms with E-state index in [0.717, 1.165) is 22.5 Å². The molecule has 2 aromatic rings. The standard InChI is InChI=1S/C19H28N4O3S/c1-6-23(7-2)27(25,26)17-10-8-16(9-11-17)13(3)20-19(24)12-18-14(4)21-22-15(18)5/h8-11,13H,6-7,12H2,1-5H3,(H,20,24)(H,21,22)/t13-/m0/s1. The maximum Gasteiger partial charge on any atom is 0.243 e. The zero-order chi connectivity index (χ0) is 20.2. The quantitative estimate of drug-likeness (QED) is 0.721. The van der Waals surface area contributed by atoms with E-state index < -0.39 is 10.0 Å². The van der Waals surface area contributed by atoms with Gasteiger partial charge in [-0.3, -0.25) is 9.89 Å². The molecular formula is C19H28N4O3S. The number of nitrogens with one attached hydrogen (secondary N) is 2. The van der Waals surface area contributed by atoms with Gasteiger partial charge in [-0.25, -0.2) is 8.42 Å². The predicted octanol–water partition coefficient (Wildman–Crippen LogP) is 2.48. The molecule has 0 aliphatic heterocycles. The lowest BCUT2D eigenvalue weighted by Gasteiger charge is -2.19. The van der Waals surface area contributed by atoms with E-state index in [2.05, 4.69) is 15.5 Å². The van der Waals surface area contributed by atoms with Gasteiger partial charge in [0.1, 0.15) is 0 Å². The molecule has 0 saturated carbocycles. The largest absolute Gasteiger partial charge is 0.349 e. The van der Waals surface area contributed by atoms with E-state index in [9.17, 15) is 13.2 Å². The summed E-state index contributed by atoms with van der Waals surface area (Å²) in [7, 11) is -3.47. The summed E-state index contributed by atoms with van der Waals surface area (Å²) in [6.07, 6.45) is 0.257. The zero-order valence-electron chi connectivity index (χ0n) is 16.5. The molecule has 27 heavy (non-hydrogen) atoms. The van der Waals surface area contributed by atoms with Gasteiger partial charge < -0.3 is 5.32 Å². The number of amides is 1. The Morgan fingerprint density at radius 3 is 2.26 bits per heavy atom. The van der Waals surface area contributed by atoms with Crippen LogP contribution in [0.4, 0.5) is 0 Å². The van der Waals surface area contributed by atoms with Gasteiger partial charge in [0.2, 0.25) is 15.9 Å². The van der Waals surface area contributed by atoms with Crippen molar-refractivity contribution in [3.63, 3.8) is 0 Å². The van der Waals surface area contributed by atoms with Crippen molar-refractivity contribution in [1.29, 1.82) is 0 Å². The summed E-state index contributed by atoms with van der Waals surface area (Å²) in [5.74, 6) is -0.102. The van der Waals surface area contributed by atoms with Crippen molar-refractivity contribution < 1.29 is 13.2 Å². The molecule has 2 N–H and O–H groups in total. The average Bonchev–Trinajstić information content (AvgIpc) is 2.94. The highest BCUT2D eigenvalue weighted by molar-refractivity contribution is 7.89. The number of H-pyrrole nitrogens is 1. The first-order valence-electron chi connectivity index (χ1n) is 9.10. The van der Waals surface area contributed by atoms with E-state index in [1.165, 1.54) is 4.31 Å². The number of carbonyl (C=O) groups excluding carboxylic acids is 1. The van der Waals surface area contributed by atoms with Crippen LogP contribution in [-0.4, -0.2) is 41.9 Å². The second-order valence-electron chi connectivity index (χ2n) is 6.54. The van der Waals surface area contributed by atoms with Crippen LogP contribution in [0.2, 0.25) is 0 Å². The molecule has 0 bridgehead atoms. The molecule has 1 aromatic heterocycles. The average molecular weight is 393 g/mol. The van der Waals surface area contributed by atoms with Crippen molar-refractivity contribution in [1.82, 2.24) is 19.8 Å². The van der Waals surface area contributed by atoms with Crippen LogP contribution < -0.4 is 5.32 Å². The molecule has 8 heteroatoms. The lowest BCUT2D eigenvalue weighted by molar-refractivity contribution is -0.121. The fraction of sp³-hybridized carbons (Fsp3) is 0.474. The van der Waals surface area contributed by atoms with E-state index in [4.69, 9.17) is 0 Å². The Balaban J connectivity index is 2.07. The smallest absolute Gasteiger partial charge is 0.243 e. The van der Waals surface area contributed by atoms with Gasteiger partial charge >= 0.3 is 0 Å². The Labute approximate surface area is 161 Å². The van der Waals surface area contributed by atoms with Crippen molar-refractivity contribution in [2.75, 3.05) is 13.1 Å². The normalized spacial score (nSPS) is 13.0. The molecule has 2 rings (SSSR count). The molecule has 0 spiro atoms. The minimum absolute atomic E-state index is 0.102. The topological polar surface area (TPSA) is 95.2 Å². The van der Waals surface area contributed by atoms with Gasteiger partial charge in [0.05, 0.1) is 23.1 Å². The SMILES string of the molecule is CCN(CC)S(=O)(=O)c1ccc([C@H](C)NC(=O)Cc2c(C)n[nH]c2C)cc1. The Bertz CT molecular complexity index is 865. The fourth-order valence-corrected chi connectivity index (χ4v) is 4.47. The van der Waals surface area contributed by atoms with Crippen LogP contribution in [0.25, 0.3) is 0 Å². The van der Waals surface area contributed by atoms with Crippen LogP contribution in [0.3, 0.4) is 0 Å². The van der Waals surface area contributed by atoms with Gasteiger partial charge in [-0.2, -0.15) is 9.40 Å². The molecule has 148 valence electrons. The summed E-state index contributed by atoms with van der Waals surface area (Å²) >= 11 is 0. The number of benzene rings is 1. The van der Waals surface area contributed by atoms with Crippen molar-refractivity contribution >= 4 is 15.9 Å². The first kappa shape index (κ1) is 21.1. The molecule has 0 unspecified atom stereocenters. The van der Waals surface area contributed by atoms with Gasteiger partial charge in [0.25, 0.3) is 0 Å². The van der Waals surface area contributed by atoms with Gasteiger partial charge in [-0.1, -0.05) is 26.0 Å². The van der Waals surface area contributed by atoms with Crippen LogP contribution in [0.1, 0.15) is 49.3 Å². The van der Waals surface area contributed by atoms with E-state index in [1.807, 2.05) is 34.6 Å². The Hall–Kier alpha value is -2.19. The highest BCUT2D eigenvalue weighted by Crippen LogP contribution is 2.20. The Morgan fingerprint density at radius 1 is 1.19 bits per heavy atom. The third-order valence-electron chi connectivity index (χ3n) is 4.72. The maximum absolute atomic E-state index is 12.5. The molecule has 7 nitrogen and oxygen atoms in total. The molecule has 1 heterocycles. The highest BCUT2D eigenvalue weighted by Gasteiger charge is 2.22. The highest BCUT2D eigenvalue weighted by atomic mass is 32.2. The van der Waals surface area contributed by atoms with Crippen molar-refractivity contribution in [2.45, 2.75) is 52.0 Å². The minimum Gasteiger partial charge on any atom is -0.349 e. The number of aromatic amines is 1. The first-order chi connectivity index (χ1) is 12.7. The number of hydrogen-bond acceptors (Lipinski definition) is 4. The van der Waals surface area contributed by atoms with E-state index >= 15 is 0 Å². The predicted molar refractivity (Wildman–Crippen MR) is 105 cm³/mol. The number of carbonyl (C=O) groups is 1. The van der Waals surface area contributed by atoms with E-state index in [1.54, 1.807) is 24.3 Å². The second-order valence-corrected chi connectivity index (χ2v) is 8.47. The summed E-state index contributed by atoms with van der Waals surface area (Å²) in [4.78, 5) is 12.6. The summed E-state index contributed by atoms with van der Waals surface area (Å²) in [5.41, 5.74) is 3.46. The Morgan fingerprint density at radius 2 is 1.78 bits per heavy atom. The molecule has 0 aliphatic rings. The lowest BCUT2D eigenvalue weighted by atomic mass is 10.1. The van der Waals surface area contributed by atoms with Crippen LogP contribution in [0.5, 0.6) is 0 Å². The monoisotopic (exact) mass is 392 g/mol. The first-order valence-corrected chi connectivity index (χ1v) is 10.5. The van der Waals surface area contributed by atoms with Crippen LogP contribution in [0, 0.1) is 13.8 Å². The van der Waals surface area contributed by atoms with Gasteiger partial charge in [-0.15, -0.1) is 0 Å². The number of hydrogen-bond donors (Lipinski definition) is 2. The molecule has 1 atom stereocenters. The number of sulfonamides is 1. The van der Waals surface area contributed by atoms with Crippen molar-refractivity contribution in [3.05, 3.63) is 46.8 Å². The molecule has 0 radical (unpaired) electrons. The minimum atomic E-state index is -3.47. The third-order valence-corrected chi connectivity index (χ3v) is 6.78. The summed E-state index contributed by atoms with van der Waals surface area (Å²) in [5, 5.41) is 9.93. The second kappa shape index (κ2) is 8.67. The Kier molecular flexibility index (Phi) is 6.78. The summed E-state index contributed by atoms with van der Waals surface area (Å²) < 4.78 is 26.5. The summed E-state index contributed by atoms with van der Waals surface area (Å²) in [6.45, 7) is 10.1. The fourth-order valence-electron chi connectivity index (χ4n) is 3.01. The number of aromatic nitrogens is 2. The zero-order valence-corrected chi connectivity index (χ0v) is 17.4. The van der Waals surface area contributed by atoms with Crippen molar-refractivity contribution in [2.24, 2.45) is 0 Å². The molecule has 0 fully saturated rings. The number of nitrogens with zero attached hydrogens (tertiary/aromatic N) is 2. The molecule has 0 saturated heterocycles. The molecule has 1 amide bonds. The molecule has 1 aromatic carbocycles. The van der Waals surface area contributed by atoms with Crippen LogP contribution in [-0.2, 0) is 21.2 Å².